The van der Waals surface area contributed by atoms with E-state index < -0.39 is 0 Å². The molecular weight excluding hydrogens is 238 g/mol. The Hall–Kier alpha value is -2.04. The minimum Gasteiger partial charge on any atom is -0.351 e. The Morgan fingerprint density at radius 3 is 2.58 bits per heavy atom. The maximum absolute atomic E-state index is 4.70. The first-order valence-electron chi connectivity index (χ1n) is 6.80. The third kappa shape index (κ3) is 2.28. The van der Waals surface area contributed by atoms with Crippen molar-refractivity contribution in [2.45, 2.75) is 37.6 Å². The van der Waals surface area contributed by atoms with Crippen LogP contribution in [0.5, 0.6) is 0 Å². The lowest BCUT2D eigenvalue weighted by Gasteiger charge is -2.09. The summed E-state index contributed by atoms with van der Waals surface area (Å²) >= 11 is 0. The van der Waals surface area contributed by atoms with Crippen molar-refractivity contribution in [1.29, 1.82) is 0 Å². The van der Waals surface area contributed by atoms with Gasteiger partial charge in [-0.3, -0.25) is 9.97 Å². The van der Waals surface area contributed by atoms with Crippen LogP contribution >= 0.6 is 0 Å². The van der Waals surface area contributed by atoms with Gasteiger partial charge in [-0.15, -0.1) is 0 Å². The van der Waals surface area contributed by atoms with Crippen LogP contribution in [0.2, 0.25) is 0 Å². The van der Waals surface area contributed by atoms with E-state index in [1.165, 1.54) is 25.7 Å². The molecule has 2 aliphatic rings. The van der Waals surface area contributed by atoms with E-state index in [0.717, 1.165) is 22.9 Å². The van der Waals surface area contributed by atoms with E-state index in [1.54, 1.807) is 18.6 Å². The molecule has 2 heterocycles. The number of aromatic nitrogens is 4. The van der Waals surface area contributed by atoms with Gasteiger partial charge in [-0.05, 0) is 25.7 Å². The number of anilines is 1. The van der Waals surface area contributed by atoms with Crippen molar-refractivity contribution in [3.05, 3.63) is 30.5 Å². The maximum atomic E-state index is 4.70. The molecule has 2 fully saturated rings. The van der Waals surface area contributed by atoms with Crippen LogP contribution in [0.4, 0.5) is 5.95 Å². The molecule has 0 bridgehead atoms. The SMILES string of the molecule is c1cnc(-c2cnc(NC3CC3)nc2C2CC2)cn1. The van der Waals surface area contributed by atoms with Gasteiger partial charge in [0.15, 0.2) is 0 Å². The Bertz CT molecular complexity index is 590. The van der Waals surface area contributed by atoms with E-state index in [9.17, 15) is 0 Å². The molecule has 0 aliphatic heterocycles. The van der Waals surface area contributed by atoms with Crippen LogP contribution in [0.25, 0.3) is 11.3 Å². The molecule has 0 radical (unpaired) electrons. The maximum Gasteiger partial charge on any atom is 0.223 e. The average Bonchev–Trinajstić information content (AvgIpc) is 3.34. The largest absolute Gasteiger partial charge is 0.351 e. The molecule has 0 aromatic carbocycles. The Morgan fingerprint density at radius 1 is 1.00 bits per heavy atom. The lowest BCUT2D eigenvalue weighted by Crippen LogP contribution is -2.07. The molecule has 4 rings (SSSR count). The van der Waals surface area contributed by atoms with Gasteiger partial charge in [-0.1, -0.05) is 0 Å². The Morgan fingerprint density at radius 2 is 1.89 bits per heavy atom. The normalized spacial score (nSPS) is 18.3. The molecule has 0 unspecified atom stereocenters. The van der Waals surface area contributed by atoms with Gasteiger partial charge in [0.2, 0.25) is 5.95 Å². The monoisotopic (exact) mass is 253 g/mol. The molecule has 2 aromatic heterocycles. The van der Waals surface area contributed by atoms with Crippen molar-refractivity contribution in [1.82, 2.24) is 19.9 Å². The molecule has 2 aliphatic carbocycles. The van der Waals surface area contributed by atoms with Gasteiger partial charge in [0.25, 0.3) is 0 Å². The van der Waals surface area contributed by atoms with Gasteiger partial charge in [0.05, 0.1) is 17.6 Å². The summed E-state index contributed by atoms with van der Waals surface area (Å²) in [6.07, 6.45) is 11.9. The van der Waals surface area contributed by atoms with E-state index in [0.29, 0.717) is 12.0 Å². The summed E-state index contributed by atoms with van der Waals surface area (Å²) in [5.41, 5.74) is 3.01. The van der Waals surface area contributed by atoms with E-state index in [1.807, 2.05) is 6.20 Å². The summed E-state index contributed by atoms with van der Waals surface area (Å²) in [6.45, 7) is 0. The fourth-order valence-electron chi connectivity index (χ4n) is 2.18. The van der Waals surface area contributed by atoms with Crippen LogP contribution in [0.15, 0.2) is 24.8 Å². The summed E-state index contributed by atoms with van der Waals surface area (Å²) < 4.78 is 0. The molecule has 5 nitrogen and oxygen atoms in total. The Labute approximate surface area is 111 Å². The first kappa shape index (κ1) is 10.8. The number of rotatable bonds is 4. The molecule has 2 aromatic rings. The van der Waals surface area contributed by atoms with Crippen LogP contribution in [-0.2, 0) is 0 Å². The number of nitrogens with one attached hydrogen (secondary N) is 1. The summed E-state index contributed by atoms with van der Waals surface area (Å²) in [5.74, 6) is 1.33. The molecule has 2 saturated carbocycles. The third-order valence-electron chi connectivity index (χ3n) is 3.53. The predicted octanol–water partition coefficient (Wildman–Crippen LogP) is 2.39. The number of hydrogen-bond acceptors (Lipinski definition) is 5. The summed E-state index contributed by atoms with van der Waals surface area (Å²) in [7, 11) is 0. The van der Waals surface area contributed by atoms with Crippen molar-refractivity contribution in [2.24, 2.45) is 0 Å². The Balaban J connectivity index is 1.73. The lowest BCUT2D eigenvalue weighted by atomic mass is 10.1. The fourth-order valence-corrected chi connectivity index (χ4v) is 2.18. The van der Waals surface area contributed by atoms with E-state index >= 15 is 0 Å². The van der Waals surface area contributed by atoms with Gasteiger partial charge in [-0.2, -0.15) is 0 Å². The van der Waals surface area contributed by atoms with Crippen LogP contribution in [-0.4, -0.2) is 26.0 Å². The highest BCUT2D eigenvalue weighted by Crippen LogP contribution is 2.43. The molecule has 5 heteroatoms. The van der Waals surface area contributed by atoms with Crippen molar-refractivity contribution < 1.29 is 0 Å². The van der Waals surface area contributed by atoms with Crippen LogP contribution in [0.3, 0.4) is 0 Å². The highest BCUT2D eigenvalue weighted by molar-refractivity contribution is 5.62. The van der Waals surface area contributed by atoms with E-state index in [4.69, 9.17) is 4.98 Å². The van der Waals surface area contributed by atoms with Crippen molar-refractivity contribution in [2.75, 3.05) is 5.32 Å². The van der Waals surface area contributed by atoms with Crippen molar-refractivity contribution in [3.8, 4) is 11.3 Å². The van der Waals surface area contributed by atoms with Gasteiger partial charge < -0.3 is 5.32 Å². The first-order valence-corrected chi connectivity index (χ1v) is 6.80. The van der Waals surface area contributed by atoms with Crippen LogP contribution in [0.1, 0.15) is 37.3 Å². The minimum atomic E-state index is 0.569. The van der Waals surface area contributed by atoms with Gasteiger partial charge in [-0.25, -0.2) is 9.97 Å². The van der Waals surface area contributed by atoms with E-state index in [2.05, 4.69) is 20.3 Å². The molecular formula is C14H15N5. The summed E-state index contributed by atoms with van der Waals surface area (Å²) in [5, 5.41) is 3.36. The quantitative estimate of drug-likeness (QED) is 0.906. The molecule has 0 saturated heterocycles. The van der Waals surface area contributed by atoms with Crippen molar-refractivity contribution in [3.63, 3.8) is 0 Å². The minimum absolute atomic E-state index is 0.569. The predicted molar refractivity (Wildman–Crippen MR) is 71.7 cm³/mol. The standard InChI is InChI=1S/C14H15N5/c1-2-9(1)13-11(12-8-15-5-6-16-12)7-17-14(19-13)18-10-3-4-10/h5-10H,1-4H2,(H,17,18,19). The lowest BCUT2D eigenvalue weighted by molar-refractivity contribution is 0.965. The zero-order valence-corrected chi connectivity index (χ0v) is 10.6. The van der Waals surface area contributed by atoms with Crippen LogP contribution < -0.4 is 5.32 Å². The molecule has 96 valence electrons. The average molecular weight is 253 g/mol. The Kier molecular flexibility index (Phi) is 2.43. The second-order valence-electron chi connectivity index (χ2n) is 5.28. The van der Waals surface area contributed by atoms with Gasteiger partial charge in [0.1, 0.15) is 0 Å². The van der Waals surface area contributed by atoms with Gasteiger partial charge >= 0.3 is 0 Å². The van der Waals surface area contributed by atoms with Gasteiger partial charge in [0, 0.05) is 36.1 Å². The summed E-state index contributed by atoms with van der Waals surface area (Å²) in [4.78, 5) is 17.6. The molecule has 0 atom stereocenters. The highest BCUT2D eigenvalue weighted by atomic mass is 15.1. The summed E-state index contributed by atoms with van der Waals surface area (Å²) in [6, 6.07) is 0.578. The number of hydrogen-bond donors (Lipinski definition) is 1. The highest BCUT2D eigenvalue weighted by Gasteiger charge is 2.30. The van der Waals surface area contributed by atoms with Crippen LogP contribution in [0, 0.1) is 0 Å². The zero-order chi connectivity index (χ0) is 12.7. The topological polar surface area (TPSA) is 63.6 Å². The number of nitrogens with zero attached hydrogens (tertiary/aromatic N) is 4. The third-order valence-corrected chi connectivity index (χ3v) is 3.53. The first-order chi connectivity index (χ1) is 9.40. The molecule has 0 amide bonds. The fraction of sp³-hybridized carbons (Fsp3) is 0.429. The smallest absolute Gasteiger partial charge is 0.223 e. The molecule has 1 N–H and O–H groups in total. The van der Waals surface area contributed by atoms with E-state index in [-0.39, 0.29) is 0 Å². The molecule has 0 spiro atoms. The second-order valence-corrected chi connectivity index (χ2v) is 5.28. The zero-order valence-electron chi connectivity index (χ0n) is 10.6. The van der Waals surface area contributed by atoms with Crippen molar-refractivity contribution >= 4 is 5.95 Å². The molecule has 19 heavy (non-hydrogen) atoms. The second kappa shape index (κ2) is 4.26.